The van der Waals surface area contributed by atoms with E-state index in [4.69, 9.17) is 9.47 Å². The molecule has 1 aromatic heterocycles. The maximum atomic E-state index is 13.4. The van der Waals surface area contributed by atoms with Crippen LogP contribution in [0.2, 0.25) is 0 Å². The highest BCUT2D eigenvalue weighted by Gasteiger charge is 2.54. The van der Waals surface area contributed by atoms with Crippen LogP contribution in [0.25, 0.3) is 0 Å². The summed E-state index contributed by atoms with van der Waals surface area (Å²) in [6.07, 6.45) is 3.26. The molecule has 1 amide bonds. The zero-order chi connectivity index (χ0) is 22.2. The Morgan fingerprint density at radius 1 is 1.16 bits per heavy atom. The largest absolute Gasteiger partial charge is 0.489 e. The second-order valence-electron chi connectivity index (χ2n) is 8.94. The van der Waals surface area contributed by atoms with Gasteiger partial charge in [-0.3, -0.25) is 9.78 Å². The summed E-state index contributed by atoms with van der Waals surface area (Å²) in [5.41, 5.74) is 3.35. The summed E-state index contributed by atoms with van der Waals surface area (Å²) in [4.78, 5) is 31.9. The molecule has 6 heteroatoms. The number of aromatic nitrogens is 1. The number of rotatable bonds is 5. The number of fused-ring (bicyclic) bond motifs is 1. The Bertz CT molecular complexity index is 967. The number of pyridine rings is 1. The first-order valence-corrected chi connectivity index (χ1v) is 10.9. The Balaban J connectivity index is 1.49. The summed E-state index contributed by atoms with van der Waals surface area (Å²) < 4.78 is 10.9. The average molecular weight is 423 g/mol. The molecule has 0 radical (unpaired) electrons. The molecule has 3 atom stereocenters. The number of hydrogen-bond acceptors (Lipinski definition) is 5. The minimum Gasteiger partial charge on any atom is -0.489 e. The summed E-state index contributed by atoms with van der Waals surface area (Å²) >= 11 is 0. The molecule has 4 rings (SSSR count). The quantitative estimate of drug-likeness (QED) is 0.685. The van der Waals surface area contributed by atoms with Gasteiger partial charge in [0.2, 0.25) is 5.91 Å². The van der Waals surface area contributed by atoms with E-state index < -0.39 is 11.5 Å². The molecule has 1 aromatic carbocycles. The fourth-order valence-corrected chi connectivity index (χ4v) is 5.13. The maximum Gasteiger partial charge on any atom is 0.328 e. The summed E-state index contributed by atoms with van der Waals surface area (Å²) in [5, 5.41) is 0. The fourth-order valence-electron chi connectivity index (χ4n) is 5.13. The van der Waals surface area contributed by atoms with Crippen molar-refractivity contribution < 1.29 is 19.1 Å². The first-order chi connectivity index (χ1) is 14.8. The van der Waals surface area contributed by atoms with Crippen LogP contribution in [-0.4, -0.2) is 41.0 Å². The zero-order valence-corrected chi connectivity index (χ0v) is 18.7. The van der Waals surface area contributed by atoms with Crippen molar-refractivity contribution in [3.05, 3.63) is 58.9 Å². The van der Waals surface area contributed by atoms with E-state index in [9.17, 15) is 9.59 Å². The van der Waals surface area contributed by atoms with Crippen molar-refractivity contribution in [1.29, 1.82) is 0 Å². The van der Waals surface area contributed by atoms with Gasteiger partial charge in [-0.15, -0.1) is 0 Å². The van der Waals surface area contributed by atoms with E-state index in [1.54, 1.807) is 4.90 Å². The molecule has 6 nitrogen and oxygen atoms in total. The minimum absolute atomic E-state index is 0.0176. The van der Waals surface area contributed by atoms with Crippen LogP contribution in [0, 0.1) is 13.8 Å². The SMILES string of the molecule is COC(=O)C1CCCC2CC(C)(c3ccc(OCc4cc(C)nc(C)c4)cc3)C(=O)N21. The van der Waals surface area contributed by atoms with Gasteiger partial charge in [0.1, 0.15) is 18.4 Å². The predicted octanol–water partition coefficient (Wildman–Crippen LogP) is 3.86. The van der Waals surface area contributed by atoms with Crippen molar-refractivity contribution in [1.82, 2.24) is 9.88 Å². The highest BCUT2D eigenvalue weighted by molar-refractivity contribution is 5.94. The van der Waals surface area contributed by atoms with E-state index in [1.165, 1.54) is 7.11 Å². The normalized spacial score (nSPS) is 25.3. The molecule has 0 saturated carbocycles. The van der Waals surface area contributed by atoms with E-state index in [1.807, 2.05) is 57.2 Å². The lowest BCUT2D eigenvalue weighted by Gasteiger charge is -2.36. The lowest BCUT2D eigenvalue weighted by atomic mass is 9.79. The molecule has 31 heavy (non-hydrogen) atoms. The predicted molar refractivity (Wildman–Crippen MR) is 117 cm³/mol. The monoisotopic (exact) mass is 422 g/mol. The Labute approximate surface area is 183 Å². The Hall–Kier alpha value is -2.89. The number of carbonyl (C=O) groups excluding carboxylic acids is 2. The van der Waals surface area contributed by atoms with Crippen molar-refractivity contribution in [3.8, 4) is 5.75 Å². The third-order valence-electron chi connectivity index (χ3n) is 6.61. The Morgan fingerprint density at radius 3 is 2.48 bits per heavy atom. The van der Waals surface area contributed by atoms with Crippen LogP contribution in [-0.2, 0) is 26.3 Å². The van der Waals surface area contributed by atoms with Gasteiger partial charge in [0.05, 0.1) is 12.5 Å². The number of carbonyl (C=O) groups is 2. The molecule has 3 heterocycles. The summed E-state index contributed by atoms with van der Waals surface area (Å²) in [6, 6.07) is 11.5. The fraction of sp³-hybridized carbons (Fsp3) is 0.480. The molecule has 0 N–H and O–H groups in total. The number of amides is 1. The standard InChI is InChI=1S/C25H30N2O4/c1-16-12-18(13-17(2)26-16)15-31-21-10-8-19(9-11-21)25(3)14-20-6-5-7-22(23(28)30-4)27(20)24(25)29/h8-13,20,22H,5-7,14-15H2,1-4H3. The topological polar surface area (TPSA) is 68.7 Å². The molecule has 0 spiro atoms. The number of methoxy groups -OCH3 is 1. The smallest absolute Gasteiger partial charge is 0.328 e. The molecule has 2 saturated heterocycles. The van der Waals surface area contributed by atoms with Crippen LogP contribution >= 0.6 is 0 Å². The van der Waals surface area contributed by atoms with Gasteiger partial charge in [-0.2, -0.15) is 0 Å². The van der Waals surface area contributed by atoms with Crippen molar-refractivity contribution in [3.63, 3.8) is 0 Å². The van der Waals surface area contributed by atoms with E-state index >= 15 is 0 Å². The van der Waals surface area contributed by atoms with Gasteiger partial charge in [0.25, 0.3) is 0 Å². The van der Waals surface area contributed by atoms with E-state index in [2.05, 4.69) is 4.98 Å². The lowest BCUT2D eigenvalue weighted by molar-refractivity contribution is -0.155. The number of nitrogens with zero attached hydrogens (tertiary/aromatic N) is 2. The van der Waals surface area contributed by atoms with Crippen molar-refractivity contribution in [2.45, 2.75) is 70.6 Å². The zero-order valence-electron chi connectivity index (χ0n) is 18.7. The van der Waals surface area contributed by atoms with Crippen molar-refractivity contribution in [2.75, 3.05) is 7.11 Å². The Kier molecular flexibility index (Phi) is 5.73. The van der Waals surface area contributed by atoms with Gasteiger partial charge < -0.3 is 14.4 Å². The molecule has 0 bridgehead atoms. The summed E-state index contributed by atoms with van der Waals surface area (Å²) in [5.74, 6) is 0.465. The Morgan fingerprint density at radius 2 is 1.84 bits per heavy atom. The average Bonchev–Trinajstić information content (AvgIpc) is 3.02. The number of hydrogen-bond donors (Lipinski definition) is 0. The second kappa shape index (κ2) is 8.33. The first-order valence-electron chi connectivity index (χ1n) is 10.9. The number of ether oxygens (including phenoxy) is 2. The van der Waals surface area contributed by atoms with E-state index in [0.29, 0.717) is 13.0 Å². The van der Waals surface area contributed by atoms with Crippen molar-refractivity contribution >= 4 is 11.9 Å². The molecular formula is C25H30N2O4. The van der Waals surface area contributed by atoms with Crippen LogP contribution in [0.3, 0.4) is 0 Å². The second-order valence-corrected chi connectivity index (χ2v) is 8.94. The number of aryl methyl sites for hydroxylation is 2. The molecule has 2 aliphatic rings. The lowest BCUT2D eigenvalue weighted by Crippen LogP contribution is -2.51. The van der Waals surface area contributed by atoms with Gasteiger partial charge in [0.15, 0.2) is 0 Å². The third kappa shape index (κ3) is 4.03. The highest BCUT2D eigenvalue weighted by Crippen LogP contribution is 2.44. The molecular weight excluding hydrogens is 392 g/mol. The summed E-state index contributed by atoms with van der Waals surface area (Å²) in [7, 11) is 1.39. The van der Waals surface area contributed by atoms with Crippen LogP contribution in [0.4, 0.5) is 0 Å². The minimum atomic E-state index is -0.640. The van der Waals surface area contributed by atoms with E-state index in [0.717, 1.165) is 47.5 Å². The molecule has 2 fully saturated rings. The third-order valence-corrected chi connectivity index (χ3v) is 6.61. The molecule has 3 unspecified atom stereocenters. The van der Waals surface area contributed by atoms with Gasteiger partial charge in [-0.05, 0) is 81.8 Å². The molecule has 0 aliphatic carbocycles. The van der Waals surface area contributed by atoms with Gasteiger partial charge >= 0.3 is 5.97 Å². The van der Waals surface area contributed by atoms with E-state index in [-0.39, 0.29) is 17.9 Å². The van der Waals surface area contributed by atoms with Crippen LogP contribution in [0.15, 0.2) is 36.4 Å². The van der Waals surface area contributed by atoms with Gasteiger partial charge in [0, 0.05) is 17.4 Å². The van der Waals surface area contributed by atoms with Crippen LogP contribution in [0.1, 0.15) is 55.1 Å². The molecule has 164 valence electrons. The van der Waals surface area contributed by atoms with Crippen LogP contribution in [0.5, 0.6) is 5.75 Å². The van der Waals surface area contributed by atoms with Crippen molar-refractivity contribution in [2.24, 2.45) is 0 Å². The summed E-state index contributed by atoms with van der Waals surface area (Å²) in [6.45, 7) is 6.41. The first kappa shape index (κ1) is 21.3. The molecule has 2 aromatic rings. The van der Waals surface area contributed by atoms with Crippen LogP contribution < -0.4 is 4.74 Å². The maximum absolute atomic E-state index is 13.4. The molecule has 2 aliphatic heterocycles. The highest BCUT2D eigenvalue weighted by atomic mass is 16.5. The van der Waals surface area contributed by atoms with Gasteiger partial charge in [-0.25, -0.2) is 4.79 Å². The number of piperidine rings is 1. The number of benzene rings is 1. The number of esters is 1. The van der Waals surface area contributed by atoms with Gasteiger partial charge in [-0.1, -0.05) is 12.1 Å².